The highest BCUT2D eigenvalue weighted by Gasteiger charge is 2.11. The monoisotopic (exact) mass is 404 g/mol. The van der Waals surface area contributed by atoms with Gasteiger partial charge in [-0.1, -0.05) is 30.3 Å². The number of rotatable bonds is 7. The van der Waals surface area contributed by atoms with Gasteiger partial charge in [0, 0.05) is 23.6 Å². The molecule has 0 aliphatic rings. The number of para-hydroxylation sites is 2. The van der Waals surface area contributed by atoms with E-state index >= 15 is 0 Å². The molecule has 0 unspecified atom stereocenters. The molecule has 0 atom stereocenters. The third-order valence-corrected chi connectivity index (χ3v) is 4.79. The first-order valence-corrected chi connectivity index (χ1v) is 9.53. The molecule has 0 fully saturated rings. The van der Waals surface area contributed by atoms with E-state index in [2.05, 4.69) is 15.3 Å². The fourth-order valence-electron chi connectivity index (χ4n) is 3.28. The maximum Gasteiger partial charge on any atom is 0.326 e. The van der Waals surface area contributed by atoms with Gasteiger partial charge >= 0.3 is 5.97 Å². The van der Waals surface area contributed by atoms with Crippen LogP contribution in [0.1, 0.15) is 5.56 Å². The smallest absolute Gasteiger partial charge is 0.326 e. The number of aromatic amines is 1. The lowest BCUT2D eigenvalue weighted by atomic mass is 10.1. The van der Waals surface area contributed by atoms with Gasteiger partial charge in [0.2, 0.25) is 0 Å². The number of esters is 1. The molecule has 0 spiro atoms. The fraction of sp³-hybridized carbons (Fsp3) is 0.182. The highest BCUT2D eigenvalue weighted by molar-refractivity contribution is 5.83. The zero-order valence-corrected chi connectivity index (χ0v) is 16.1. The second kappa shape index (κ2) is 8.60. The first kappa shape index (κ1) is 19.4. The summed E-state index contributed by atoms with van der Waals surface area (Å²) < 4.78 is 6.15. The van der Waals surface area contributed by atoms with Crippen LogP contribution < -0.4 is 10.9 Å². The lowest BCUT2D eigenvalue weighted by molar-refractivity contribution is -0.149. The van der Waals surface area contributed by atoms with E-state index in [0.29, 0.717) is 23.9 Å². The molecule has 152 valence electrons. The van der Waals surface area contributed by atoms with Crippen LogP contribution in [0.3, 0.4) is 0 Å². The van der Waals surface area contributed by atoms with Gasteiger partial charge in [-0.25, -0.2) is 4.98 Å². The predicted octanol–water partition coefficient (Wildman–Crippen LogP) is 1.78. The third-order valence-electron chi connectivity index (χ3n) is 4.79. The van der Waals surface area contributed by atoms with Crippen LogP contribution in [0, 0.1) is 0 Å². The van der Waals surface area contributed by atoms with Crippen LogP contribution in [0.25, 0.3) is 21.8 Å². The topological polar surface area (TPSA) is 106 Å². The lowest BCUT2D eigenvalue weighted by Crippen LogP contribution is -2.32. The number of hydrogen-bond acceptors (Lipinski definition) is 5. The average Bonchev–Trinajstić information content (AvgIpc) is 3.18. The molecule has 4 aromatic rings. The van der Waals surface area contributed by atoms with E-state index in [-0.39, 0.29) is 12.1 Å². The molecular weight excluding hydrogens is 384 g/mol. The van der Waals surface area contributed by atoms with Crippen LogP contribution in [-0.2, 0) is 27.3 Å². The molecule has 0 aliphatic heterocycles. The number of ether oxygens (including phenoxy) is 1. The van der Waals surface area contributed by atoms with Gasteiger partial charge in [0.25, 0.3) is 11.5 Å². The van der Waals surface area contributed by atoms with Crippen molar-refractivity contribution in [3.8, 4) is 0 Å². The Morgan fingerprint density at radius 2 is 1.83 bits per heavy atom. The Labute approximate surface area is 171 Å². The standard InChI is InChI=1S/C22H20N4O4/c27-20(23-10-9-15-11-24-18-7-3-1-5-16(15)18)13-30-21(28)12-26-14-25-19-8-4-2-6-17(19)22(26)29/h1-8,11,14,24H,9-10,12-13H2,(H,23,27). The largest absolute Gasteiger partial charge is 0.454 e. The number of aromatic nitrogens is 3. The van der Waals surface area contributed by atoms with Gasteiger partial charge < -0.3 is 15.0 Å². The SMILES string of the molecule is O=C(COC(=O)Cn1cnc2ccccc2c1=O)NCCc1c[nH]c2ccccc12. The molecule has 0 aliphatic carbocycles. The summed E-state index contributed by atoms with van der Waals surface area (Å²) in [5, 5.41) is 4.27. The number of hydrogen-bond donors (Lipinski definition) is 2. The van der Waals surface area contributed by atoms with Gasteiger partial charge in [-0.05, 0) is 30.2 Å². The molecule has 0 saturated carbocycles. The Morgan fingerprint density at radius 3 is 2.70 bits per heavy atom. The Kier molecular flexibility index (Phi) is 5.56. The molecular formula is C22H20N4O4. The number of nitrogens with one attached hydrogen (secondary N) is 2. The summed E-state index contributed by atoms with van der Waals surface area (Å²) in [5.41, 5.74) is 2.37. The van der Waals surface area contributed by atoms with Crippen molar-refractivity contribution in [1.29, 1.82) is 0 Å². The molecule has 0 saturated heterocycles. The van der Waals surface area contributed by atoms with Crippen molar-refractivity contribution in [1.82, 2.24) is 19.9 Å². The van der Waals surface area contributed by atoms with Crippen molar-refractivity contribution in [2.75, 3.05) is 13.2 Å². The van der Waals surface area contributed by atoms with Crippen molar-refractivity contribution in [2.24, 2.45) is 0 Å². The molecule has 4 rings (SSSR count). The Balaban J connectivity index is 1.25. The summed E-state index contributed by atoms with van der Waals surface area (Å²) in [7, 11) is 0. The second-order valence-electron chi connectivity index (χ2n) is 6.81. The van der Waals surface area contributed by atoms with Crippen molar-refractivity contribution in [3.63, 3.8) is 0 Å². The molecule has 2 heterocycles. The van der Waals surface area contributed by atoms with Crippen molar-refractivity contribution >= 4 is 33.7 Å². The minimum Gasteiger partial charge on any atom is -0.454 e. The summed E-state index contributed by atoms with van der Waals surface area (Å²) in [4.78, 5) is 43.7. The molecule has 2 aromatic carbocycles. The van der Waals surface area contributed by atoms with Crippen molar-refractivity contribution in [2.45, 2.75) is 13.0 Å². The van der Waals surface area contributed by atoms with Crippen molar-refractivity contribution < 1.29 is 14.3 Å². The number of nitrogens with zero attached hydrogens (tertiary/aromatic N) is 2. The van der Waals surface area contributed by atoms with Crippen LogP contribution in [-0.4, -0.2) is 39.6 Å². The zero-order valence-electron chi connectivity index (χ0n) is 16.1. The molecule has 8 nitrogen and oxygen atoms in total. The van der Waals surface area contributed by atoms with E-state index in [0.717, 1.165) is 16.5 Å². The van der Waals surface area contributed by atoms with Crippen LogP contribution in [0.15, 0.2) is 65.8 Å². The molecule has 30 heavy (non-hydrogen) atoms. The first-order valence-electron chi connectivity index (χ1n) is 9.53. The lowest BCUT2D eigenvalue weighted by Gasteiger charge is -2.08. The number of amides is 1. The molecule has 8 heteroatoms. The van der Waals surface area contributed by atoms with Gasteiger partial charge in [-0.3, -0.25) is 19.0 Å². The predicted molar refractivity (Wildman–Crippen MR) is 112 cm³/mol. The van der Waals surface area contributed by atoms with Crippen LogP contribution in [0.5, 0.6) is 0 Å². The number of carbonyl (C=O) groups excluding carboxylic acids is 2. The van der Waals surface area contributed by atoms with E-state index in [1.807, 2.05) is 30.5 Å². The quantitative estimate of drug-likeness (QED) is 0.457. The van der Waals surface area contributed by atoms with Gasteiger partial charge in [0.05, 0.1) is 17.2 Å². The van der Waals surface area contributed by atoms with Crippen LogP contribution >= 0.6 is 0 Å². The number of fused-ring (bicyclic) bond motifs is 2. The van der Waals surface area contributed by atoms with Crippen LogP contribution in [0.2, 0.25) is 0 Å². The molecule has 1 amide bonds. The van der Waals surface area contributed by atoms with Crippen LogP contribution in [0.4, 0.5) is 0 Å². The van der Waals surface area contributed by atoms with Gasteiger partial charge in [-0.15, -0.1) is 0 Å². The van der Waals surface area contributed by atoms with E-state index in [1.165, 1.54) is 10.9 Å². The van der Waals surface area contributed by atoms with Gasteiger partial charge in [-0.2, -0.15) is 0 Å². The van der Waals surface area contributed by atoms with Crippen molar-refractivity contribution in [3.05, 3.63) is 77.0 Å². The van der Waals surface area contributed by atoms with E-state index in [4.69, 9.17) is 4.74 Å². The minimum atomic E-state index is -0.680. The highest BCUT2D eigenvalue weighted by Crippen LogP contribution is 2.17. The summed E-state index contributed by atoms with van der Waals surface area (Å²) >= 11 is 0. The van der Waals surface area contributed by atoms with E-state index < -0.39 is 18.5 Å². The number of H-pyrrole nitrogens is 1. The number of benzene rings is 2. The normalized spacial score (nSPS) is 10.9. The molecule has 2 N–H and O–H groups in total. The van der Waals surface area contributed by atoms with E-state index in [9.17, 15) is 14.4 Å². The summed E-state index contributed by atoms with van der Waals surface area (Å²) in [6, 6.07) is 14.8. The Bertz CT molecular complexity index is 1270. The summed E-state index contributed by atoms with van der Waals surface area (Å²) in [6.45, 7) is -0.284. The Hall–Kier alpha value is -3.94. The first-order chi connectivity index (χ1) is 14.6. The third kappa shape index (κ3) is 4.22. The molecule has 0 bridgehead atoms. The van der Waals surface area contributed by atoms with Gasteiger partial charge in [0.15, 0.2) is 6.61 Å². The highest BCUT2D eigenvalue weighted by atomic mass is 16.5. The second-order valence-corrected chi connectivity index (χ2v) is 6.81. The minimum absolute atomic E-state index is 0.306. The molecule has 0 radical (unpaired) electrons. The fourth-order valence-corrected chi connectivity index (χ4v) is 3.28. The zero-order chi connectivity index (χ0) is 20.9. The number of carbonyl (C=O) groups is 2. The molecule has 2 aromatic heterocycles. The maximum absolute atomic E-state index is 12.4. The van der Waals surface area contributed by atoms with E-state index in [1.54, 1.807) is 24.3 Å². The summed E-state index contributed by atoms with van der Waals surface area (Å²) in [6.07, 6.45) is 3.88. The average molecular weight is 404 g/mol. The maximum atomic E-state index is 12.4. The van der Waals surface area contributed by atoms with Gasteiger partial charge in [0.1, 0.15) is 6.54 Å². The summed E-state index contributed by atoms with van der Waals surface area (Å²) in [5.74, 6) is -1.08. The Morgan fingerprint density at radius 1 is 1.07 bits per heavy atom.